The zero-order valence-electron chi connectivity index (χ0n) is 17.9. The van der Waals surface area contributed by atoms with Crippen molar-refractivity contribution in [2.75, 3.05) is 10.6 Å². The third kappa shape index (κ3) is 5.13. The Bertz CT molecular complexity index is 1390. The summed E-state index contributed by atoms with van der Waals surface area (Å²) in [5.41, 5.74) is 2.46. The number of nitrogens with one attached hydrogen (secondary N) is 2. The fourth-order valence-electron chi connectivity index (χ4n) is 3.41. The molecule has 0 aliphatic heterocycles. The van der Waals surface area contributed by atoms with Gasteiger partial charge in [0.05, 0.1) is 16.3 Å². The molecule has 4 aromatic rings. The van der Waals surface area contributed by atoms with E-state index in [9.17, 15) is 14.4 Å². The van der Waals surface area contributed by atoms with Crippen LogP contribution in [0.25, 0.3) is 22.1 Å². The van der Waals surface area contributed by atoms with Crippen LogP contribution in [0.5, 0.6) is 0 Å². The highest BCUT2D eigenvalue weighted by Crippen LogP contribution is 2.27. The Balaban J connectivity index is 1.53. The quantitative estimate of drug-likeness (QED) is 0.340. The summed E-state index contributed by atoms with van der Waals surface area (Å²) in [4.78, 5) is 37.0. The molecule has 33 heavy (non-hydrogen) atoms. The molecule has 166 valence electrons. The lowest BCUT2D eigenvalue weighted by molar-refractivity contribution is -0.116. The third-order valence-corrected chi connectivity index (χ3v) is 5.40. The van der Waals surface area contributed by atoms with Crippen molar-refractivity contribution in [1.29, 1.82) is 0 Å². The van der Waals surface area contributed by atoms with Crippen molar-refractivity contribution in [3.05, 3.63) is 93.8 Å². The van der Waals surface area contributed by atoms with Crippen LogP contribution in [-0.4, -0.2) is 11.8 Å². The number of anilines is 2. The van der Waals surface area contributed by atoms with Crippen LogP contribution in [0, 0.1) is 0 Å². The molecule has 0 fully saturated rings. The SMILES string of the molecule is CCCC(=O)Nc1ccc(Cl)c(NC(=O)c2ccc(-c3cc4ccccc4oc3=O)cc2)c1. The van der Waals surface area contributed by atoms with Gasteiger partial charge in [0, 0.05) is 23.1 Å². The number of rotatable bonds is 6. The molecule has 1 heterocycles. The molecule has 1 aromatic heterocycles. The molecule has 0 bridgehead atoms. The van der Waals surface area contributed by atoms with E-state index in [1.54, 1.807) is 60.7 Å². The number of hydrogen-bond donors (Lipinski definition) is 2. The fraction of sp³-hybridized carbons (Fsp3) is 0.115. The van der Waals surface area contributed by atoms with Crippen LogP contribution in [0.2, 0.25) is 5.02 Å². The van der Waals surface area contributed by atoms with Crippen LogP contribution >= 0.6 is 11.6 Å². The smallest absolute Gasteiger partial charge is 0.344 e. The van der Waals surface area contributed by atoms with Gasteiger partial charge in [0.25, 0.3) is 5.91 Å². The summed E-state index contributed by atoms with van der Waals surface area (Å²) in [5, 5.41) is 6.71. The van der Waals surface area contributed by atoms with Gasteiger partial charge >= 0.3 is 5.63 Å². The number of carbonyl (C=O) groups excluding carboxylic acids is 2. The highest BCUT2D eigenvalue weighted by atomic mass is 35.5. The maximum atomic E-state index is 12.8. The third-order valence-electron chi connectivity index (χ3n) is 5.07. The van der Waals surface area contributed by atoms with E-state index in [4.69, 9.17) is 16.0 Å². The molecule has 0 atom stereocenters. The molecule has 0 radical (unpaired) electrons. The molecule has 6 nitrogen and oxygen atoms in total. The molecule has 3 aromatic carbocycles. The molecule has 0 saturated heterocycles. The largest absolute Gasteiger partial charge is 0.422 e. The van der Waals surface area contributed by atoms with Crippen LogP contribution in [0.15, 0.2) is 82.0 Å². The molecule has 0 unspecified atom stereocenters. The van der Waals surface area contributed by atoms with Crippen molar-refractivity contribution < 1.29 is 14.0 Å². The summed E-state index contributed by atoms with van der Waals surface area (Å²) in [7, 11) is 0. The number of hydrogen-bond acceptors (Lipinski definition) is 4. The predicted molar refractivity (Wildman–Crippen MR) is 131 cm³/mol. The van der Waals surface area contributed by atoms with Gasteiger partial charge in [-0.2, -0.15) is 0 Å². The predicted octanol–water partition coefficient (Wildman–Crippen LogP) is 6.10. The van der Waals surface area contributed by atoms with Gasteiger partial charge in [-0.3, -0.25) is 9.59 Å². The molecule has 2 amide bonds. The van der Waals surface area contributed by atoms with Crippen molar-refractivity contribution in [3.63, 3.8) is 0 Å². The van der Waals surface area contributed by atoms with Gasteiger partial charge in [0.15, 0.2) is 0 Å². The fourth-order valence-corrected chi connectivity index (χ4v) is 3.57. The van der Waals surface area contributed by atoms with E-state index in [1.165, 1.54) is 0 Å². The van der Waals surface area contributed by atoms with E-state index in [-0.39, 0.29) is 11.8 Å². The van der Waals surface area contributed by atoms with Crippen LogP contribution in [0.3, 0.4) is 0 Å². The maximum Gasteiger partial charge on any atom is 0.344 e. The van der Waals surface area contributed by atoms with Gasteiger partial charge in [-0.15, -0.1) is 0 Å². The lowest BCUT2D eigenvalue weighted by atomic mass is 10.0. The van der Waals surface area contributed by atoms with Gasteiger partial charge in [0.1, 0.15) is 5.58 Å². The number of amides is 2. The van der Waals surface area contributed by atoms with Gasteiger partial charge in [-0.05, 0) is 54.4 Å². The zero-order valence-corrected chi connectivity index (χ0v) is 18.6. The van der Waals surface area contributed by atoms with E-state index >= 15 is 0 Å². The number of benzene rings is 3. The second-order valence-electron chi connectivity index (χ2n) is 7.51. The summed E-state index contributed by atoms with van der Waals surface area (Å²) in [6, 6.07) is 20.6. The molecule has 0 saturated carbocycles. The molecule has 0 aliphatic rings. The van der Waals surface area contributed by atoms with Crippen LogP contribution in [0.1, 0.15) is 30.1 Å². The number of halogens is 1. The maximum absolute atomic E-state index is 12.8. The average Bonchev–Trinajstić information content (AvgIpc) is 2.81. The van der Waals surface area contributed by atoms with Crippen molar-refractivity contribution in [2.24, 2.45) is 0 Å². The Morgan fingerprint density at radius 3 is 2.45 bits per heavy atom. The summed E-state index contributed by atoms with van der Waals surface area (Å²) < 4.78 is 5.39. The van der Waals surface area contributed by atoms with Crippen LogP contribution in [-0.2, 0) is 4.79 Å². The number of carbonyl (C=O) groups is 2. The van der Waals surface area contributed by atoms with Gasteiger partial charge in [-0.1, -0.05) is 48.9 Å². The van der Waals surface area contributed by atoms with E-state index in [1.807, 2.05) is 19.1 Å². The molecule has 0 aliphatic carbocycles. The first kappa shape index (κ1) is 22.3. The summed E-state index contributed by atoms with van der Waals surface area (Å²) >= 11 is 6.22. The van der Waals surface area contributed by atoms with Crippen molar-refractivity contribution in [3.8, 4) is 11.1 Å². The first-order chi connectivity index (χ1) is 15.9. The van der Waals surface area contributed by atoms with Crippen molar-refractivity contribution in [1.82, 2.24) is 0 Å². The highest BCUT2D eigenvalue weighted by Gasteiger charge is 2.12. The minimum absolute atomic E-state index is 0.106. The Morgan fingerprint density at radius 1 is 0.939 bits per heavy atom. The first-order valence-corrected chi connectivity index (χ1v) is 10.9. The highest BCUT2D eigenvalue weighted by molar-refractivity contribution is 6.34. The minimum atomic E-state index is -0.445. The molecule has 0 spiro atoms. The summed E-state index contributed by atoms with van der Waals surface area (Å²) in [6.45, 7) is 1.92. The first-order valence-electron chi connectivity index (χ1n) is 10.5. The molecule has 2 N–H and O–H groups in total. The van der Waals surface area contributed by atoms with Crippen LogP contribution in [0.4, 0.5) is 11.4 Å². The summed E-state index contributed by atoms with van der Waals surface area (Å²) in [5.74, 6) is -0.475. The molecule has 7 heteroatoms. The lowest BCUT2D eigenvalue weighted by Crippen LogP contribution is -2.14. The zero-order chi connectivity index (χ0) is 23.4. The number of fused-ring (bicyclic) bond motifs is 1. The van der Waals surface area contributed by atoms with E-state index in [2.05, 4.69) is 10.6 Å². The molecular weight excluding hydrogens is 440 g/mol. The van der Waals surface area contributed by atoms with E-state index in [0.717, 1.165) is 11.8 Å². The molecule has 4 rings (SSSR count). The van der Waals surface area contributed by atoms with E-state index in [0.29, 0.717) is 45.1 Å². The standard InChI is InChI=1S/C26H21ClN2O4/c1-2-5-24(30)28-19-12-13-21(27)22(15-19)29-25(31)17-10-8-16(9-11-17)20-14-18-6-3-4-7-23(18)33-26(20)32/h3-4,6-15H,2,5H2,1H3,(H,28,30)(H,29,31). The number of para-hydroxylation sites is 1. The normalized spacial score (nSPS) is 10.7. The summed E-state index contributed by atoms with van der Waals surface area (Å²) in [6.07, 6.45) is 1.15. The Hall–Kier alpha value is -3.90. The Labute approximate surface area is 195 Å². The van der Waals surface area contributed by atoms with Crippen LogP contribution < -0.4 is 16.3 Å². The van der Waals surface area contributed by atoms with Crippen molar-refractivity contribution >= 4 is 45.8 Å². The van der Waals surface area contributed by atoms with E-state index < -0.39 is 5.63 Å². The lowest BCUT2D eigenvalue weighted by Gasteiger charge is -2.11. The Kier molecular flexibility index (Phi) is 6.56. The monoisotopic (exact) mass is 460 g/mol. The topological polar surface area (TPSA) is 88.4 Å². The van der Waals surface area contributed by atoms with Gasteiger partial charge < -0.3 is 15.1 Å². The molecular formula is C26H21ClN2O4. The minimum Gasteiger partial charge on any atom is -0.422 e. The Morgan fingerprint density at radius 2 is 1.70 bits per heavy atom. The second kappa shape index (κ2) is 9.71. The van der Waals surface area contributed by atoms with Gasteiger partial charge in [-0.25, -0.2) is 4.79 Å². The van der Waals surface area contributed by atoms with Crippen molar-refractivity contribution in [2.45, 2.75) is 19.8 Å². The second-order valence-corrected chi connectivity index (χ2v) is 7.92. The van der Waals surface area contributed by atoms with Gasteiger partial charge in [0.2, 0.25) is 5.91 Å². The average molecular weight is 461 g/mol.